The Hall–Kier alpha value is -0.0800. The van der Waals surface area contributed by atoms with Crippen LogP contribution in [0.25, 0.3) is 0 Å². The molecule has 0 rings (SSSR count). The summed E-state index contributed by atoms with van der Waals surface area (Å²) in [5.41, 5.74) is 0. The van der Waals surface area contributed by atoms with Crippen molar-refractivity contribution in [2.75, 3.05) is 6.54 Å². The molecule has 0 aliphatic rings. The summed E-state index contributed by atoms with van der Waals surface area (Å²) in [5, 5.41) is 12.6. The van der Waals surface area contributed by atoms with Crippen LogP contribution in [-0.2, 0) is 0 Å². The van der Waals surface area contributed by atoms with E-state index in [-0.39, 0.29) is 6.10 Å². The van der Waals surface area contributed by atoms with E-state index in [1.54, 1.807) is 0 Å². The summed E-state index contributed by atoms with van der Waals surface area (Å²) < 4.78 is 0. The van der Waals surface area contributed by atoms with Crippen LogP contribution in [0.5, 0.6) is 0 Å². The van der Waals surface area contributed by atoms with Crippen molar-refractivity contribution >= 4 is 0 Å². The number of hydrogen-bond acceptors (Lipinski definition) is 2. The lowest BCUT2D eigenvalue weighted by Gasteiger charge is -2.20. The van der Waals surface area contributed by atoms with Crippen LogP contribution in [0.2, 0.25) is 0 Å². The molecular formula is C12H27NO. The van der Waals surface area contributed by atoms with Crippen LogP contribution >= 0.6 is 0 Å². The van der Waals surface area contributed by atoms with Gasteiger partial charge in [-0.3, -0.25) is 0 Å². The molecular weight excluding hydrogens is 174 g/mol. The predicted octanol–water partition coefficient (Wildman–Crippen LogP) is 2.56. The quantitative estimate of drug-likeness (QED) is 0.632. The second-order valence-electron chi connectivity index (χ2n) is 4.45. The van der Waals surface area contributed by atoms with Gasteiger partial charge in [0.05, 0.1) is 6.10 Å². The first-order valence-electron chi connectivity index (χ1n) is 6.01. The van der Waals surface area contributed by atoms with Crippen LogP contribution in [0.1, 0.15) is 53.4 Å². The number of aliphatic hydroxyl groups excluding tert-OH is 1. The second-order valence-corrected chi connectivity index (χ2v) is 4.45. The Bertz CT molecular complexity index is 125. The largest absolute Gasteiger partial charge is 0.393 e. The van der Waals surface area contributed by atoms with Crippen LogP contribution in [0.3, 0.4) is 0 Å². The third kappa shape index (κ3) is 7.34. The molecule has 14 heavy (non-hydrogen) atoms. The second kappa shape index (κ2) is 8.25. The van der Waals surface area contributed by atoms with E-state index >= 15 is 0 Å². The van der Waals surface area contributed by atoms with E-state index in [9.17, 15) is 0 Å². The molecule has 0 heterocycles. The van der Waals surface area contributed by atoms with Gasteiger partial charge in [-0.2, -0.15) is 0 Å². The lowest BCUT2D eigenvalue weighted by molar-refractivity contribution is 0.181. The van der Waals surface area contributed by atoms with Crippen LogP contribution in [0, 0.1) is 5.92 Å². The van der Waals surface area contributed by atoms with Gasteiger partial charge in [0.25, 0.3) is 0 Å². The average molecular weight is 201 g/mol. The van der Waals surface area contributed by atoms with Gasteiger partial charge in [0.1, 0.15) is 0 Å². The lowest BCUT2D eigenvalue weighted by Crippen LogP contribution is -2.32. The maximum absolute atomic E-state index is 9.13. The molecule has 0 aromatic rings. The molecule has 2 heteroatoms. The van der Waals surface area contributed by atoms with Crippen molar-refractivity contribution in [3.63, 3.8) is 0 Å². The van der Waals surface area contributed by atoms with Gasteiger partial charge in [-0.15, -0.1) is 0 Å². The highest BCUT2D eigenvalue weighted by atomic mass is 16.3. The van der Waals surface area contributed by atoms with E-state index in [1.807, 2.05) is 6.92 Å². The van der Waals surface area contributed by atoms with Crippen LogP contribution in [0.15, 0.2) is 0 Å². The van der Waals surface area contributed by atoms with Gasteiger partial charge in [-0.05, 0) is 38.6 Å². The Balaban J connectivity index is 3.57. The Kier molecular flexibility index (Phi) is 8.20. The summed E-state index contributed by atoms with van der Waals surface area (Å²) >= 11 is 0. The Morgan fingerprint density at radius 2 is 1.79 bits per heavy atom. The highest BCUT2D eigenvalue weighted by Gasteiger charge is 2.09. The Morgan fingerprint density at radius 3 is 2.21 bits per heavy atom. The van der Waals surface area contributed by atoms with Crippen LogP contribution in [-0.4, -0.2) is 23.8 Å². The molecule has 0 aliphatic heterocycles. The highest BCUT2D eigenvalue weighted by Crippen LogP contribution is 2.11. The molecule has 2 nitrogen and oxygen atoms in total. The normalized spacial score (nSPS) is 17.8. The van der Waals surface area contributed by atoms with Crippen molar-refractivity contribution in [3.05, 3.63) is 0 Å². The molecule has 0 spiro atoms. The molecule has 3 atom stereocenters. The molecule has 0 amide bonds. The molecule has 0 saturated heterocycles. The van der Waals surface area contributed by atoms with Gasteiger partial charge in [0.2, 0.25) is 0 Å². The fourth-order valence-electron chi connectivity index (χ4n) is 1.54. The highest BCUT2D eigenvalue weighted by molar-refractivity contribution is 4.68. The molecule has 0 saturated carbocycles. The van der Waals surface area contributed by atoms with Crippen LogP contribution in [0.4, 0.5) is 0 Å². The van der Waals surface area contributed by atoms with Crippen molar-refractivity contribution in [2.45, 2.75) is 65.5 Å². The minimum absolute atomic E-state index is 0.177. The van der Waals surface area contributed by atoms with Gasteiger partial charge < -0.3 is 10.4 Å². The number of rotatable bonds is 8. The standard InChI is InChI=1S/C12H27NO/c1-5-10(3)9-12(6-2)13-8-7-11(4)14/h10-14H,5-9H2,1-4H3/t10-,11-,12+/m0/s1. The Morgan fingerprint density at radius 1 is 1.14 bits per heavy atom. The summed E-state index contributed by atoms with van der Waals surface area (Å²) in [6, 6.07) is 0.628. The van der Waals surface area contributed by atoms with Gasteiger partial charge in [0.15, 0.2) is 0 Å². The first-order valence-corrected chi connectivity index (χ1v) is 6.01. The minimum atomic E-state index is -0.177. The van der Waals surface area contributed by atoms with Gasteiger partial charge in [-0.25, -0.2) is 0 Å². The first kappa shape index (κ1) is 13.9. The zero-order valence-electron chi connectivity index (χ0n) is 10.2. The van der Waals surface area contributed by atoms with E-state index in [0.29, 0.717) is 6.04 Å². The maximum Gasteiger partial charge on any atom is 0.0524 e. The number of nitrogens with one attached hydrogen (secondary N) is 1. The van der Waals surface area contributed by atoms with Crippen LogP contribution < -0.4 is 5.32 Å². The van der Waals surface area contributed by atoms with Gasteiger partial charge >= 0.3 is 0 Å². The number of hydrogen-bond donors (Lipinski definition) is 2. The summed E-state index contributed by atoms with van der Waals surface area (Å²) in [6.45, 7) is 9.55. The molecule has 86 valence electrons. The summed E-state index contributed by atoms with van der Waals surface area (Å²) in [7, 11) is 0. The van der Waals surface area contributed by atoms with Crippen molar-refractivity contribution in [3.8, 4) is 0 Å². The van der Waals surface area contributed by atoms with E-state index in [1.165, 1.54) is 19.3 Å². The fourth-order valence-corrected chi connectivity index (χ4v) is 1.54. The van der Waals surface area contributed by atoms with E-state index < -0.39 is 0 Å². The summed E-state index contributed by atoms with van der Waals surface area (Å²) in [6.07, 6.45) is 4.38. The predicted molar refractivity (Wildman–Crippen MR) is 62.5 cm³/mol. The van der Waals surface area contributed by atoms with Crippen molar-refractivity contribution in [1.29, 1.82) is 0 Å². The molecule has 0 aromatic heterocycles. The lowest BCUT2D eigenvalue weighted by atomic mass is 9.98. The zero-order valence-corrected chi connectivity index (χ0v) is 10.2. The SMILES string of the molecule is CC[C@H](C)C[C@@H](CC)NCC[C@H](C)O. The van der Waals surface area contributed by atoms with E-state index in [2.05, 4.69) is 26.1 Å². The first-order chi connectivity index (χ1) is 6.60. The fraction of sp³-hybridized carbons (Fsp3) is 1.00. The third-order valence-electron chi connectivity index (χ3n) is 2.87. The van der Waals surface area contributed by atoms with Gasteiger partial charge in [-0.1, -0.05) is 27.2 Å². The molecule has 0 aliphatic carbocycles. The zero-order chi connectivity index (χ0) is 11.0. The molecule has 0 aromatic carbocycles. The Labute approximate surface area is 89.1 Å². The van der Waals surface area contributed by atoms with Crippen molar-refractivity contribution < 1.29 is 5.11 Å². The molecule has 0 radical (unpaired) electrons. The molecule has 2 N–H and O–H groups in total. The minimum Gasteiger partial charge on any atom is -0.393 e. The van der Waals surface area contributed by atoms with E-state index in [4.69, 9.17) is 5.11 Å². The molecule has 0 unspecified atom stereocenters. The van der Waals surface area contributed by atoms with Crippen molar-refractivity contribution in [1.82, 2.24) is 5.32 Å². The number of aliphatic hydroxyl groups is 1. The monoisotopic (exact) mass is 201 g/mol. The summed E-state index contributed by atoms with van der Waals surface area (Å²) in [5.74, 6) is 0.805. The van der Waals surface area contributed by atoms with E-state index in [0.717, 1.165) is 18.9 Å². The smallest absolute Gasteiger partial charge is 0.0524 e. The molecule has 0 bridgehead atoms. The molecule has 0 fully saturated rings. The third-order valence-corrected chi connectivity index (χ3v) is 2.87. The average Bonchev–Trinajstić information content (AvgIpc) is 2.15. The van der Waals surface area contributed by atoms with Crippen molar-refractivity contribution in [2.24, 2.45) is 5.92 Å². The topological polar surface area (TPSA) is 32.3 Å². The van der Waals surface area contributed by atoms with Gasteiger partial charge in [0, 0.05) is 6.04 Å². The summed E-state index contributed by atoms with van der Waals surface area (Å²) in [4.78, 5) is 0. The maximum atomic E-state index is 9.13.